The van der Waals surface area contributed by atoms with Gasteiger partial charge in [0.15, 0.2) is 0 Å². The van der Waals surface area contributed by atoms with Gasteiger partial charge in [0.2, 0.25) is 0 Å². The van der Waals surface area contributed by atoms with Crippen LogP contribution < -0.4 is 5.73 Å². The molecule has 0 aliphatic rings. The number of aliphatic hydroxyl groups excluding tert-OH is 2. The van der Waals surface area contributed by atoms with Gasteiger partial charge in [0.25, 0.3) is 0 Å². The molecule has 4 N–H and O–H groups in total. The Labute approximate surface area is 70.7 Å². The molecule has 1 aromatic heterocycles. The number of aliphatic hydroxyl groups is 2. The molecular formula is C8H12N2O2. The molecule has 0 spiro atoms. The number of aromatic nitrogens is 1. The SMILES string of the molecule is N[C@@H](CO)c1cccc(CO)n1. The van der Waals surface area contributed by atoms with Gasteiger partial charge in [0.05, 0.1) is 30.6 Å². The molecule has 4 nitrogen and oxygen atoms in total. The van der Waals surface area contributed by atoms with E-state index in [0.29, 0.717) is 11.4 Å². The van der Waals surface area contributed by atoms with E-state index < -0.39 is 6.04 Å². The van der Waals surface area contributed by atoms with Gasteiger partial charge in [-0.2, -0.15) is 0 Å². The van der Waals surface area contributed by atoms with Gasteiger partial charge in [-0.25, -0.2) is 0 Å². The lowest BCUT2D eigenvalue weighted by Gasteiger charge is -2.07. The van der Waals surface area contributed by atoms with Crippen LogP contribution in [0.25, 0.3) is 0 Å². The molecule has 0 radical (unpaired) electrons. The average molecular weight is 168 g/mol. The van der Waals surface area contributed by atoms with Gasteiger partial charge in [-0.3, -0.25) is 4.98 Å². The average Bonchev–Trinajstić information content (AvgIpc) is 2.17. The summed E-state index contributed by atoms with van der Waals surface area (Å²) in [7, 11) is 0. The first-order valence-corrected chi connectivity index (χ1v) is 3.71. The Balaban J connectivity index is 2.86. The van der Waals surface area contributed by atoms with E-state index in [9.17, 15) is 0 Å². The fraction of sp³-hybridized carbons (Fsp3) is 0.375. The van der Waals surface area contributed by atoms with Crippen LogP contribution in [0.1, 0.15) is 17.4 Å². The largest absolute Gasteiger partial charge is 0.394 e. The molecular weight excluding hydrogens is 156 g/mol. The molecule has 0 aliphatic carbocycles. The van der Waals surface area contributed by atoms with Gasteiger partial charge in [0, 0.05) is 0 Å². The zero-order valence-corrected chi connectivity index (χ0v) is 6.64. The van der Waals surface area contributed by atoms with E-state index in [4.69, 9.17) is 15.9 Å². The molecule has 1 heterocycles. The predicted molar refractivity (Wildman–Crippen MR) is 44.2 cm³/mol. The first-order valence-electron chi connectivity index (χ1n) is 3.71. The van der Waals surface area contributed by atoms with Crippen molar-refractivity contribution in [2.45, 2.75) is 12.6 Å². The Kier molecular flexibility index (Phi) is 3.16. The highest BCUT2D eigenvalue weighted by Gasteiger charge is 2.05. The number of nitrogens with two attached hydrogens (primary N) is 1. The lowest BCUT2D eigenvalue weighted by molar-refractivity contribution is 0.262. The summed E-state index contributed by atoms with van der Waals surface area (Å²) >= 11 is 0. The Morgan fingerprint density at radius 2 is 2.17 bits per heavy atom. The molecule has 0 bridgehead atoms. The Bertz CT molecular complexity index is 253. The first-order chi connectivity index (χ1) is 5.77. The molecule has 4 heteroatoms. The third kappa shape index (κ3) is 2.01. The van der Waals surface area contributed by atoms with Crippen LogP contribution in [-0.4, -0.2) is 21.8 Å². The van der Waals surface area contributed by atoms with Gasteiger partial charge in [-0.05, 0) is 12.1 Å². The van der Waals surface area contributed by atoms with Gasteiger partial charge in [0.1, 0.15) is 0 Å². The Morgan fingerprint density at radius 1 is 1.42 bits per heavy atom. The predicted octanol–water partition coefficient (Wildman–Crippen LogP) is -0.434. The second kappa shape index (κ2) is 4.15. The fourth-order valence-corrected chi connectivity index (χ4v) is 0.886. The molecule has 0 aliphatic heterocycles. The summed E-state index contributed by atoms with van der Waals surface area (Å²) in [6, 6.07) is 4.72. The monoisotopic (exact) mass is 168 g/mol. The summed E-state index contributed by atoms with van der Waals surface area (Å²) in [5.74, 6) is 0. The second-order valence-corrected chi connectivity index (χ2v) is 2.50. The van der Waals surface area contributed by atoms with Crippen LogP contribution in [0.15, 0.2) is 18.2 Å². The normalized spacial score (nSPS) is 12.9. The zero-order valence-electron chi connectivity index (χ0n) is 6.64. The summed E-state index contributed by atoms with van der Waals surface area (Å²) < 4.78 is 0. The number of hydrogen-bond donors (Lipinski definition) is 3. The topological polar surface area (TPSA) is 79.4 Å². The van der Waals surface area contributed by atoms with Gasteiger partial charge in [-0.1, -0.05) is 6.07 Å². The van der Waals surface area contributed by atoms with E-state index in [1.165, 1.54) is 0 Å². The number of rotatable bonds is 3. The summed E-state index contributed by atoms with van der Waals surface area (Å²) in [6.45, 7) is -0.242. The highest BCUT2D eigenvalue weighted by atomic mass is 16.3. The first kappa shape index (κ1) is 9.12. The molecule has 1 aromatic rings. The summed E-state index contributed by atoms with van der Waals surface area (Å²) in [5.41, 5.74) is 6.69. The van der Waals surface area contributed by atoms with Crippen molar-refractivity contribution in [2.75, 3.05) is 6.61 Å². The Morgan fingerprint density at radius 3 is 2.75 bits per heavy atom. The van der Waals surface area contributed by atoms with Crippen LogP contribution in [0.4, 0.5) is 0 Å². The summed E-state index contributed by atoms with van der Waals surface area (Å²) in [5, 5.41) is 17.5. The molecule has 0 saturated heterocycles. The van der Waals surface area contributed by atoms with Crippen molar-refractivity contribution in [3.8, 4) is 0 Å². The van der Waals surface area contributed by atoms with Crippen LogP contribution >= 0.6 is 0 Å². The highest BCUT2D eigenvalue weighted by Crippen LogP contribution is 2.06. The Hall–Kier alpha value is -0.970. The van der Waals surface area contributed by atoms with Gasteiger partial charge in [-0.15, -0.1) is 0 Å². The van der Waals surface area contributed by atoms with Crippen molar-refractivity contribution in [1.29, 1.82) is 0 Å². The molecule has 0 amide bonds. The van der Waals surface area contributed by atoms with E-state index in [-0.39, 0.29) is 13.2 Å². The smallest absolute Gasteiger partial charge is 0.0853 e. The van der Waals surface area contributed by atoms with Crippen molar-refractivity contribution >= 4 is 0 Å². The van der Waals surface area contributed by atoms with E-state index in [2.05, 4.69) is 4.98 Å². The third-order valence-electron chi connectivity index (χ3n) is 1.57. The number of pyridine rings is 1. The van der Waals surface area contributed by atoms with Crippen LogP contribution in [0.3, 0.4) is 0 Å². The van der Waals surface area contributed by atoms with Crippen molar-refractivity contribution in [2.24, 2.45) is 5.73 Å². The van der Waals surface area contributed by atoms with Crippen LogP contribution in [0.5, 0.6) is 0 Å². The maximum absolute atomic E-state index is 8.75. The van der Waals surface area contributed by atoms with Crippen molar-refractivity contribution in [3.63, 3.8) is 0 Å². The van der Waals surface area contributed by atoms with Crippen LogP contribution in [-0.2, 0) is 6.61 Å². The molecule has 1 rings (SSSR count). The lowest BCUT2D eigenvalue weighted by Crippen LogP contribution is -2.16. The van der Waals surface area contributed by atoms with Crippen molar-refractivity contribution in [3.05, 3.63) is 29.6 Å². The second-order valence-electron chi connectivity index (χ2n) is 2.50. The quantitative estimate of drug-likeness (QED) is 0.572. The van der Waals surface area contributed by atoms with Crippen molar-refractivity contribution in [1.82, 2.24) is 4.98 Å². The molecule has 66 valence electrons. The standard InChI is InChI=1S/C8H12N2O2/c9-7(5-12)8-3-1-2-6(4-11)10-8/h1-3,7,11-12H,4-5,9H2/t7-/m0/s1. The third-order valence-corrected chi connectivity index (χ3v) is 1.57. The summed E-state index contributed by atoms with van der Waals surface area (Å²) in [6.07, 6.45) is 0. The van der Waals surface area contributed by atoms with E-state index in [0.717, 1.165) is 0 Å². The molecule has 1 atom stereocenters. The minimum atomic E-state index is -0.462. The molecule has 0 fully saturated rings. The minimum Gasteiger partial charge on any atom is -0.394 e. The lowest BCUT2D eigenvalue weighted by atomic mass is 10.2. The molecule has 0 saturated carbocycles. The molecule has 0 unspecified atom stereocenters. The van der Waals surface area contributed by atoms with Crippen molar-refractivity contribution < 1.29 is 10.2 Å². The zero-order chi connectivity index (χ0) is 8.97. The van der Waals surface area contributed by atoms with Gasteiger partial charge >= 0.3 is 0 Å². The number of nitrogens with zero attached hydrogens (tertiary/aromatic N) is 1. The summed E-state index contributed by atoms with van der Waals surface area (Å²) in [4.78, 5) is 4.03. The molecule has 12 heavy (non-hydrogen) atoms. The fourth-order valence-electron chi connectivity index (χ4n) is 0.886. The minimum absolute atomic E-state index is 0.105. The maximum Gasteiger partial charge on any atom is 0.0853 e. The number of hydrogen-bond acceptors (Lipinski definition) is 4. The molecule has 0 aromatic carbocycles. The highest BCUT2D eigenvalue weighted by molar-refractivity contribution is 5.13. The van der Waals surface area contributed by atoms with Gasteiger partial charge < -0.3 is 15.9 Å². The van der Waals surface area contributed by atoms with E-state index >= 15 is 0 Å². The van der Waals surface area contributed by atoms with Crippen LogP contribution in [0.2, 0.25) is 0 Å². The van der Waals surface area contributed by atoms with E-state index in [1.807, 2.05) is 0 Å². The van der Waals surface area contributed by atoms with Crippen LogP contribution in [0, 0.1) is 0 Å². The maximum atomic E-state index is 8.75. The van der Waals surface area contributed by atoms with E-state index in [1.54, 1.807) is 18.2 Å².